The summed E-state index contributed by atoms with van der Waals surface area (Å²) in [6.45, 7) is 4.67. The predicted molar refractivity (Wildman–Crippen MR) is 108 cm³/mol. The molecule has 2 rings (SSSR count). The SMILES string of the molecule is CCNC(=NCC(=O)Nc1ccc(O)cc1)NC(C)c1ccccc1Br. The van der Waals surface area contributed by atoms with Gasteiger partial charge in [-0.25, -0.2) is 4.99 Å². The number of hydrogen-bond donors (Lipinski definition) is 4. The molecule has 0 heterocycles. The zero-order chi connectivity index (χ0) is 18.9. The summed E-state index contributed by atoms with van der Waals surface area (Å²) in [4.78, 5) is 16.4. The summed E-state index contributed by atoms with van der Waals surface area (Å²) < 4.78 is 1.01. The number of aromatic hydroxyl groups is 1. The van der Waals surface area contributed by atoms with Crippen molar-refractivity contribution in [2.45, 2.75) is 19.9 Å². The molecule has 26 heavy (non-hydrogen) atoms. The summed E-state index contributed by atoms with van der Waals surface area (Å²) in [5.41, 5.74) is 1.72. The Kier molecular flexibility index (Phi) is 7.47. The number of nitrogens with zero attached hydrogens (tertiary/aromatic N) is 1. The second-order valence-electron chi connectivity index (χ2n) is 5.68. The summed E-state index contributed by atoms with van der Waals surface area (Å²) in [5, 5.41) is 18.4. The van der Waals surface area contributed by atoms with E-state index >= 15 is 0 Å². The van der Waals surface area contributed by atoms with Gasteiger partial charge >= 0.3 is 0 Å². The highest BCUT2D eigenvalue weighted by Gasteiger charge is 2.11. The van der Waals surface area contributed by atoms with Gasteiger partial charge in [0.1, 0.15) is 12.3 Å². The molecule has 0 radical (unpaired) electrons. The van der Waals surface area contributed by atoms with Crippen molar-refractivity contribution in [1.29, 1.82) is 0 Å². The molecule has 6 nitrogen and oxygen atoms in total. The fraction of sp³-hybridized carbons (Fsp3) is 0.263. The second kappa shape index (κ2) is 9.82. The lowest BCUT2D eigenvalue weighted by Crippen LogP contribution is -2.39. The van der Waals surface area contributed by atoms with Gasteiger partial charge in [-0.15, -0.1) is 0 Å². The van der Waals surface area contributed by atoms with Crippen molar-refractivity contribution in [3.05, 3.63) is 58.6 Å². The quantitative estimate of drug-likeness (QED) is 0.329. The molecule has 2 aromatic carbocycles. The molecular weight excluding hydrogens is 396 g/mol. The molecule has 4 N–H and O–H groups in total. The van der Waals surface area contributed by atoms with Crippen LogP contribution >= 0.6 is 15.9 Å². The first-order valence-corrected chi connectivity index (χ1v) is 9.17. The van der Waals surface area contributed by atoms with E-state index in [1.165, 1.54) is 12.1 Å². The maximum Gasteiger partial charge on any atom is 0.246 e. The van der Waals surface area contributed by atoms with Gasteiger partial charge in [-0.05, 0) is 49.7 Å². The van der Waals surface area contributed by atoms with E-state index in [2.05, 4.69) is 36.9 Å². The standard InChI is InChI=1S/C19H23BrN4O2/c1-3-21-19(23-13(2)16-6-4-5-7-17(16)20)22-12-18(26)24-14-8-10-15(25)11-9-14/h4-11,13,25H,3,12H2,1-2H3,(H,24,26)(H2,21,22,23). The monoisotopic (exact) mass is 418 g/mol. The topological polar surface area (TPSA) is 85.8 Å². The van der Waals surface area contributed by atoms with Crippen LogP contribution in [-0.2, 0) is 4.79 Å². The van der Waals surface area contributed by atoms with E-state index in [0.717, 1.165) is 10.0 Å². The molecule has 138 valence electrons. The second-order valence-corrected chi connectivity index (χ2v) is 6.53. The van der Waals surface area contributed by atoms with Gasteiger partial charge in [-0.3, -0.25) is 4.79 Å². The van der Waals surface area contributed by atoms with Crippen molar-refractivity contribution in [2.24, 2.45) is 4.99 Å². The lowest BCUT2D eigenvalue weighted by Gasteiger charge is -2.19. The van der Waals surface area contributed by atoms with Gasteiger partial charge in [0.25, 0.3) is 0 Å². The molecule has 7 heteroatoms. The number of carbonyl (C=O) groups excluding carboxylic acids is 1. The Labute approximate surface area is 161 Å². The Morgan fingerprint density at radius 1 is 1.19 bits per heavy atom. The number of phenols is 1. The minimum atomic E-state index is -0.235. The van der Waals surface area contributed by atoms with Crippen molar-refractivity contribution >= 4 is 33.5 Å². The smallest absolute Gasteiger partial charge is 0.246 e. The molecule has 0 spiro atoms. The normalized spacial score (nSPS) is 12.3. The average Bonchev–Trinajstić information content (AvgIpc) is 2.62. The molecule has 1 atom stereocenters. The number of carbonyl (C=O) groups is 1. The largest absolute Gasteiger partial charge is 0.508 e. The summed E-state index contributed by atoms with van der Waals surface area (Å²) in [6, 6.07) is 14.3. The number of guanidine groups is 1. The molecule has 0 aliphatic carbocycles. The fourth-order valence-corrected chi connectivity index (χ4v) is 2.95. The zero-order valence-electron chi connectivity index (χ0n) is 14.8. The molecule has 0 fully saturated rings. The number of nitrogens with one attached hydrogen (secondary N) is 3. The number of hydrogen-bond acceptors (Lipinski definition) is 3. The third-order valence-corrected chi connectivity index (χ3v) is 4.32. The molecule has 0 saturated heterocycles. The number of rotatable bonds is 6. The van der Waals surface area contributed by atoms with Crippen molar-refractivity contribution in [3.63, 3.8) is 0 Å². The molecule has 1 unspecified atom stereocenters. The van der Waals surface area contributed by atoms with Crippen LogP contribution in [0.25, 0.3) is 0 Å². The number of amides is 1. The maximum absolute atomic E-state index is 12.1. The van der Waals surface area contributed by atoms with Crippen LogP contribution in [0, 0.1) is 0 Å². The van der Waals surface area contributed by atoms with E-state index in [4.69, 9.17) is 0 Å². The van der Waals surface area contributed by atoms with E-state index in [1.54, 1.807) is 12.1 Å². The molecule has 0 aliphatic rings. The minimum absolute atomic E-state index is 0.0150. The molecule has 0 aliphatic heterocycles. The Morgan fingerprint density at radius 2 is 1.88 bits per heavy atom. The van der Waals surface area contributed by atoms with Gasteiger partial charge in [0.15, 0.2) is 5.96 Å². The first-order chi connectivity index (χ1) is 12.5. The van der Waals surface area contributed by atoms with E-state index in [1.807, 2.05) is 38.1 Å². The van der Waals surface area contributed by atoms with Gasteiger partial charge in [0.2, 0.25) is 5.91 Å². The average molecular weight is 419 g/mol. The van der Waals surface area contributed by atoms with E-state index in [0.29, 0.717) is 18.2 Å². The highest BCUT2D eigenvalue weighted by atomic mass is 79.9. The predicted octanol–water partition coefficient (Wildman–Crippen LogP) is 3.41. The third-order valence-electron chi connectivity index (χ3n) is 3.60. The van der Waals surface area contributed by atoms with Crippen molar-refractivity contribution in [3.8, 4) is 5.75 Å². The van der Waals surface area contributed by atoms with Crippen LogP contribution in [0.15, 0.2) is 58.0 Å². The van der Waals surface area contributed by atoms with Crippen molar-refractivity contribution in [2.75, 3.05) is 18.4 Å². The van der Waals surface area contributed by atoms with Gasteiger partial charge in [0.05, 0.1) is 6.04 Å². The number of anilines is 1. The number of halogens is 1. The van der Waals surface area contributed by atoms with Crippen LogP contribution < -0.4 is 16.0 Å². The molecule has 2 aromatic rings. The Balaban J connectivity index is 1.98. The maximum atomic E-state index is 12.1. The summed E-state index contributed by atoms with van der Waals surface area (Å²) in [6.07, 6.45) is 0. The van der Waals surface area contributed by atoms with Gasteiger partial charge < -0.3 is 21.1 Å². The highest BCUT2D eigenvalue weighted by molar-refractivity contribution is 9.10. The lowest BCUT2D eigenvalue weighted by molar-refractivity contribution is -0.114. The molecule has 0 aromatic heterocycles. The van der Waals surface area contributed by atoms with Crippen LogP contribution in [0.3, 0.4) is 0 Å². The molecular formula is C19H23BrN4O2. The number of aliphatic imine (C=N–C) groups is 1. The summed E-state index contributed by atoms with van der Waals surface area (Å²) >= 11 is 3.55. The van der Waals surface area contributed by atoms with Gasteiger partial charge in [0, 0.05) is 16.7 Å². The number of phenolic OH excluding ortho intramolecular Hbond substituents is 1. The van der Waals surface area contributed by atoms with Gasteiger partial charge in [-0.2, -0.15) is 0 Å². The van der Waals surface area contributed by atoms with Crippen LogP contribution in [0.5, 0.6) is 5.75 Å². The first kappa shape index (κ1) is 19.8. The molecule has 1 amide bonds. The third kappa shape index (κ3) is 6.07. The van der Waals surface area contributed by atoms with Crippen molar-refractivity contribution in [1.82, 2.24) is 10.6 Å². The summed E-state index contributed by atoms with van der Waals surface area (Å²) in [5.74, 6) is 0.485. The van der Waals surface area contributed by atoms with Crippen molar-refractivity contribution < 1.29 is 9.90 Å². The van der Waals surface area contributed by atoms with E-state index < -0.39 is 0 Å². The fourth-order valence-electron chi connectivity index (χ4n) is 2.33. The van der Waals surface area contributed by atoms with E-state index in [-0.39, 0.29) is 24.2 Å². The van der Waals surface area contributed by atoms with Crippen LogP contribution in [-0.4, -0.2) is 30.1 Å². The zero-order valence-corrected chi connectivity index (χ0v) is 16.4. The first-order valence-electron chi connectivity index (χ1n) is 8.37. The molecule has 0 bridgehead atoms. The summed E-state index contributed by atoms with van der Waals surface area (Å²) in [7, 11) is 0. The van der Waals surface area contributed by atoms with Crippen LogP contribution in [0.4, 0.5) is 5.69 Å². The molecule has 0 saturated carbocycles. The van der Waals surface area contributed by atoms with Crippen LogP contribution in [0.1, 0.15) is 25.5 Å². The highest BCUT2D eigenvalue weighted by Crippen LogP contribution is 2.22. The Morgan fingerprint density at radius 3 is 2.54 bits per heavy atom. The van der Waals surface area contributed by atoms with Gasteiger partial charge in [-0.1, -0.05) is 34.1 Å². The van der Waals surface area contributed by atoms with Crippen LogP contribution in [0.2, 0.25) is 0 Å². The van der Waals surface area contributed by atoms with E-state index in [9.17, 15) is 9.90 Å². The number of benzene rings is 2. The lowest BCUT2D eigenvalue weighted by atomic mass is 10.1. The minimum Gasteiger partial charge on any atom is -0.508 e. The Hall–Kier alpha value is -2.54. The Bertz CT molecular complexity index is 762.